The van der Waals surface area contributed by atoms with Gasteiger partial charge in [0.15, 0.2) is 0 Å². The minimum absolute atomic E-state index is 0.369. The second kappa shape index (κ2) is 8.73. The first-order valence-corrected chi connectivity index (χ1v) is 11.2. The van der Waals surface area contributed by atoms with Crippen molar-refractivity contribution in [3.8, 4) is 0 Å². The molecule has 0 radical (unpaired) electrons. The molecule has 2 aliphatic carbocycles. The first kappa shape index (κ1) is 18.3. The van der Waals surface area contributed by atoms with Crippen LogP contribution in [0.5, 0.6) is 0 Å². The van der Waals surface area contributed by atoms with E-state index in [1.807, 2.05) is 0 Å². The van der Waals surface area contributed by atoms with Crippen molar-refractivity contribution in [1.82, 2.24) is 9.80 Å². The molecule has 4 rings (SSSR count). The number of carbonyl (C=O) groups excluding carboxylic acids is 1. The molecule has 0 N–H and O–H groups in total. The molecule has 2 aliphatic heterocycles. The van der Waals surface area contributed by atoms with Gasteiger partial charge >= 0.3 is 0 Å². The highest BCUT2D eigenvalue weighted by atomic mass is 16.2. The topological polar surface area (TPSA) is 23.6 Å². The van der Waals surface area contributed by atoms with Crippen LogP contribution < -0.4 is 0 Å². The fourth-order valence-electron chi connectivity index (χ4n) is 5.56. The molecule has 1 saturated heterocycles. The van der Waals surface area contributed by atoms with Crippen LogP contribution in [0, 0.1) is 5.92 Å². The summed E-state index contributed by atoms with van der Waals surface area (Å²) in [5, 5.41) is 0. The van der Waals surface area contributed by atoms with E-state index >= 15 is 0 Å². The smallest absolute Gasteiger partial charge is 0.227 e. The van der Waals surface area contributed by atoms with Gasteiger partial charge in [-0.15, -0.1) is 0 Å². The highest BCUT2D eigenvalue weighted by molar-refractivity contribution is 5.81. The molecule has 0 unspecified atom stereocenters. The number of piperidine rings is 1. The molecule has 1 amide bonds. The molecule has 1 saturated carbocycles. The largest absolute Gasteiger partial charge is 0.309 e. The molecule has 2 fully saturated rings. The molecule has 3 nitrogen and oxygen atoms in total. The van der Waals surface area contributed by atoms with Crippen LogP contribution in [0.3, 0.4) is 0 Å². The van der Waals surface area contributed by atoms with E-state index in [4.69, 9.17) is 0 Å². The van der Waals surface area contributed by atoms with Crippen molar-refractivity contribution in [3.05, 3.63) is 23.4 Å². The van der Waals surface area contributed by atoms with E-state index in [1.54, 1.807) is 0 Å². The van der Waals surface area contributed by atoms with Gasteiger partial charge in [0.05, 0.1) is 0 Å². The van der Waals surface area contributed by atoms with Gasteiger partial charge in [0.1, 0.15) is 0 Å². The molecular weight excluding hydrogens is 320 g/mol. The molecule has 0 atom stereocenters. The first-order chi connectivity index (χ1) is 12.8. The van der Waals surface area contributed by atoms with E-state index in [9.17, 15) is 4.79 Å². The van der Waals surface area contributed by atoms with E-state index in [-0.39, 0.29) is 0 Å². The summed E-state index contributed by atoms with van der Waals surface area (Å²) >= 11 is 0. The third-order valence-electron chi connectivity index (χ3n) is 7.08. The molecule has 26 heavy (non-hydrogen) atoms. The summed E-state index contributed by atoms with van der Waals surface area (Å²) in [6.07, 6.45) is 20.9. The highest BCUT2D eigenvalue weighted by Crippen LogP contribution is 2.34. The van der Waals surface area contributed by atoms with E-state index in [1.165, 1.54) is 75.9 Å². The summed E-state index contributed by atoms with van der Waals surface area (Å²) in [7, 11) is 0. The minimum atomic E-state index is 0.369. The highest BCUT2D eigenvalue weighted by Gasteiger charge is 2.34. The molecule has 0 aromatic carbocycles. The third-order valence-corrected chi connectivity index (χ3v) is 7.08. The maximum atomic E-state index is 12.7. The van der Waals surface area contributed by atoms with Crippen molar-refractivity contribution in [2.75, 3.05) is 19.6 Å². The maximum Gasteiger partial charge on any atom is 0.227 e. The van der Waals surface area contributed by atoms with Gasteiger partial charge in [-0.25, -0.2) is 0 Å². The Morgan fingerprint density at radius 1 is 0.885 bits per heavy atom. The fraction of sp³-hybridized carbons (Fsp3) is 0.783. The van der Waals surface area contributed by atoms with Gasteiger partial charge in [-0.2, -0.15) is 0 Å². The van der Waals surface area contributed by atoms with Crippen LogP contribution >= 0.6 is 0 Å². The third kappa shape index (κ3) is 4.24. The number of rotatable bonds is 3. The average Bonchev–Trinajstić information content (AvgIpc) is 2.65. The van der Waals surface area contributed by atoms with Crippen LogP contribution in [0.15, 0.2) is 23.4 Å². The lowest BCUT2D eigenvalue weighted by Gasteiger charge is -2.43. The van der Waals surface area contributed by atoms with E-state index < -0.39 is 0 Å². The Labute approximate surface area is 159 Å². The van der Waals surface area contributed by atoms with E-state index in [0.29, 0.717) is 11.9 Å². The fourth-order valence-corrected chi connectivity index (χ4v) is 5.56. The van der Waals surface area contributed by atoms with E-state index in [0.717, 1.165) is 44.4 Å². The Hall–Kier alpha value is -1.09. The Balaban J connectivity index is 1.33. The number of nitrogens with zero attached hydrogens (tertiary/aromatic N) is 2. The van der Waals surface area contributed by atoms with Crippen LogP contribution in [0.1, 0.15) is 83.5 Å². The molecule has 4 aliphatic rings. The quantitative estimate of drug-likeness (QED) is 0.707. The van der Waals surface area contributed by atoms with Gasteiger partial charge in [0, 0.05) is 37.8 Å². The molecule has 0 bridgehead atoms. The van der Waals surface area contributed by atoms with Crippen LogP contribution in [0.25, 0.3) is 0 Å². The van der Waals surface area contributed by atoms with Crippen LogP contribution in [0.2, 0.25) is 0 Å². The summed E-state index contributed by atoms with van der Waals surface area (Å²) in [6.45, 7) is 3.66. The molecule has 0 aromatic rings. The molecular formula is C23H36N2O. The summed E-state index contributed by atoms with van der Waals surface area (Å²) in [5.41, 5.74) is 2.80. The average molecular weight is 357 g/mol. The summed E-state index contributed by atoms with van der Waals surface area (Å²) in [6, 6.07) is 0.434. The van der Waals surface area contributed by atoms with Crippen molar-refractivity contribution < 1.29 is 4.79 Å². The lowest BCUT2D eigenvalue weighted by molar-refractivity contribution is -0.132. The standard InChI is InChI=1S/C23H36N2O/c26-23-13-12-20-10-6-7-11-22(20)25(23)21-14-16-24(17-15-21)18-19-8-4-2-1-3-5-9-19/h7,11,19,21H,1-6,8-10,12-18H2. The lowest BCUT2D eigenvalue weighted by atomic mass is 9.89. The summed E-state index contributed by atoms with van der Waals surface area (Å²) in [5.74, 6) is 1.29. The molecule has 3 heteroatoms. The normalized spacial score (nSPS) is 27.4. The Morgan fingerprint density at radius 2 is 1.62 bits per heavy atom. The van der Waals surface area contributed by atoms with Crippen molar-refractivity contribution in [3.63, 3.8) is 0 Å². The zero-order chi connectivity index (χ0) is 17.8. The summed E-state index contributed by atoms with van der Waals surface area (Å²) in [4.78, 5) is 17.6. The van der Waals surface area contributed by atoms with Gasteiger partial charge in [-0.05, 0) is 62.5 Å². The lowest BCUT2D eigenvalue weighted by Crippen LogP contribution is -2.49. The number of carbonyl (C=O) groups is 1. The maximum absolute atomic E-state index is 12.7. The molecule has 2 heterocycles. The number of likely N-dealkylation sites (tertiary alicyclic amines) is 1. The SMILES string of the molecule is O=C1CCC2=C(C=CCC2)N1C1CCN(CC2CCCCCCC2)CC1. The summed E-state index contributed by atoms with van der Waals surface area (Å²) < 4.78 is 0. The van der Waals surface area contributed by atoms with E-state index in [2.05, 4.69) is 22.0 Å². The minimum Gasteiger partial charge on any atom is -0.309 e. The van der Waals surface area contributed by atoms with Crippen molar-refractivity contribution in [2.24, 2.45) is 5.92 Å². The van der Waals surface area contributed by atoms with Crippen LogP contribution in [-0.4, -0.2) is 41.4 Å². The van der Waals surface area contributed by atoms with Crippen molar-refractivity contribution in [2.45, 2.75) is 89.5 Å². The Kier molecular flexibility index (Phi) is 6.14. The van der Waals surface area contributed by atoms with Gasteiger partial charge in [0.2, 0.25) is 5.91 Å². The number of hydrogen-bond donors (Lipinski definition) is 0. The number of hydrogen-bond acceptors (Lipinski definition) is 2. The number of allylic oxidation sites excluding steroid dienone is 3. The van der Waals surface area contributed by atoms with Gasteiger partial charge in [0.25, 0.3) is 0 Å². The zero-order valence-electron chi connectivity index (χ0n) is 16.4. The van der Waals surface area contributed by atoms with Gasteiger partial charge in [-0.3, -0.25) is 4.79 Å². The molecule has 0 aromatic heterocycles. The second-order valence-corrected chi connectivity index (χ2v) is 8.94. The van der Waals surface area contributed by atoms with Crippen LogP contribution in [-0.2, 0) is 4.79 Å². The predicted molar refractivity (Wildman–Crippen MR) is 107 cm³/mol. The van der Waals surface area contributed by atoms with Gasteiger partial charge in [-0.1, -0.05) is 38.2 Å². The zero-order valence-corrected chi connectivity index (χ0v) is 16.4. The second-order valence-electron chi connectivity index (χ2n) is 8.94. The van der Waals surface area contributed by atoms with Crippen molar-refractivity contribution in [1.29, 1.82) is 0 Å². The van der Waals surface area contributed by atoms with Gasteiger partial charge < -0.3 is 9.80 Å². The Morgan fingerprint density at radius 3 is 2.38 bits per heavy atom. The predicted octanol–water partition coefficient (Wildman–Crippen LogP) is 5.04. The number of amides is 1. The van der Waals surface area contributed by atoms with Crippen LogP contribution in [0.4, 0.5) is 0 Å². The first-order valence-electron chi connectivity index (χ1n) is 11.2. The van der Waals surface area contributed by atoms with Crippen molar-refractivity contribution >= 4 is 5.91 Å². The monoisotopic (exact) mass is 356 g/mol. The molecule has 144 valence electrons. The molecule has 0 spiro atoms. The Bertz CT molecular complexity index is 549.